The maximum Gasteiger partial charge on any atom is 0.135 e. The Labute approximate surface area is 134 Å². The second kappa shape index (κ2) is 6.89. The van der Waals surface area contributed by atoms with Crippen molar-refractivity contribution < 1.29 is 0 Å². The molecule has 0 unspecified atom stereocenters. The molecule has 0 atom stereocenters. The normalized spacial score (nSPS) is 10.8. The van der Waals surface area contributed by atoms with Crippen LogP contribution in [0.3, 0.4) is 0 Å². The number of nitrogens with zero attached hydrogens (tertiary/aromatic N) is 2. The van der Waals surface area contributed by atoms with Gasteiger partial charge < -0.3 is 10.6 Å². The van der Waals surface area contributed by atoms with Crippen LogP contribution in [0.2, 0.25) is 0 Å². The van der Waals surface area contributed by atoms with E-state index in [2.05, 4.69) is 62.5 Å². The van der Waals surface area contributed by atoms with Gasteiger partial charge in [0.15, 0.2) is 0 Å². The van der Waals surface area contributed by atoms with Crippen LogP contribution < -0.4 is 10.6 Å². The molecule has 0 amide bonds. The predicted octanol–water partition coefficient (Wildman–Crippen LogP) is 4.32. The van der Waals surface area contributed by atoms with Crippen LogP contribution in [0.15, 0.2) is 28.7 Å². The molecule has 1 aromatic carbocycles. The van der Waals surface area contributed by atoms with Gasteiger partial charge in [-0.15, -0.1) is 0 Å². The van der Waals surface area contributed by atoms with Gasteiger partial charge in [0, 0.05) is 29.5 Å². The summed E-state index contributed by atoms with van der Waals surface area (Å²) in [6.07, 6.45) is 0. The Morgan fingerprint density at radius 3 is 2.29 bits per heavy atom. The van der Waals surface area contributed by atoms with Crippen LogP contribution in [0.5, 0.6) is 0 Å². The first-order chi connectivity index (χ1) is 10.0. The lowest BCUT2D eigenvalue weighted by Crippen LogP contribution is -2.10. The van der Waals surface area contributed by atoms with Gasteiger partial charge in [-0.2, -0.15) is 0 Å². The van der Waals surface area contributed by atoms with Crippen LogP contribution in [-0.4, -0.2) is 17.0 Å². The van der Waals surface area contributed by atoms with E-state index in [-0.39, 0.29) is 0 Å². The summed E-state index contributed by atoms with van der Waals surface area (Å²) in [7, 11) is 1.89. The number of hydrogen-bond acceptors (Lipinski definition) is 4. The highest BCUT2D eigenvalue weighted by Gasteiger charge is 2.12. The molecule has 2 aromatic rings. The molecule has 1 aromatic heterocycles. The van der Waals surface area contributed by atoms with E-state index in [9.17, 15) is 0 Å². The fraction of sp³-hybridized carbons (Fsp3) is 0.375. The Hall–Kier alpha value is -1.62. The van der Waals surface area contributed by atoms with Crippen LogP contribution in [0, 0.1) is 6.92 Å². The molecule has 0 spiro atoms. The van der Waals surface area contributed by atoms with E-state index in [1.165, 1.54) is 5.56 Å². The Morgan fingerprint density at radius 2 is 1.71 bits per heavy atom. The molecule has 0 fully saturated rings. The first kappa shape index (κ1) is 15.8. The SMILES string of the molecule is CNc1nc(C(C)C)nc(NCc2ccc(Br)cc2)c1C. The average Bonchev–Trinajstić information content (AvgIpc) is 2.47. The lowest BCUT2D eigenvalue weighted by Gasteiger charge is -2.15. The molecule has 4 nitrogen and oxygen atoms in total. The maximum absolute atomic E-state index is 4.64. The zero-order valence-electron chi connectivity index (χ0n) is 12.9. The van der Waals surface area contributed by atoms with Crippen molar-refractivity contribution in [2.75, 3.05) is 17.7 Å². The number of aromatic nitrogens is 2. The van der Waals surface area contributed by atoms with E-state index in [4.69, 9.17) is 0 Å². The van der Waals surface area contributed by atoms with Gasteiger partial charge in [0.2, 0.25) is 0 Å². The van der Waals surface area contributed by atoms with Crippen molar-refractivity contribution in [1.82, 2.24) is 9.97 Å². The van der Waals surface area contributed by atoms with Crippen molar-refractivity contribution in [2.24, 2.45) is 0 Å². The zero-order chi connectivity index (χ0) is 15.4. The summed E-state index contributed by atoms with van der Waals surface area (Å²) in [4.78, 5) is 9.19. The van der Waals surface area contributed by atoms with Gasteiger partial charge in [0.1, 0.15) is 17.5 Å². The second-order valence-corrected chi connectivity index (χ2v) is 6.20. The Morgan fingerprint density at radius 1 is 1.10 bits per heavy atom. The van der Waals surface area contributed by atoms with E-state index >= 15 is 0 Å². The van der Waals surface area contributed by atoms with Crippen molar-refractivity contribution >= 4 is 27.6 Å². The van der Waals surface area contributed by atoms with Crippen molar-refractivity contribution in [1.29, 1.82) is 0 Å². The quantitative estimate of drug-likeness (QED) is 0.844. The molecule has 0 saturated carbocycles. The van der Waals surface area contributed by atoms with Gasteiger partial charge in [-0.05, 0) is 24.6 Å². The molecule has 21 heavy (non-hydrogen) atoms. The highest BCUT2D eigenvalue weighted by molar-refractivity contribution is 9.10. The van der Waals surface area contributed by atoms with Crippen molar-refractivity contribution in [3.05, 3.63) is 45.7 Å². The molecule has 0 saturated heterocycles. The molecule has 112 valence electrons. The summed E-state index contributed by atoms with van der Waals surface area (Å²) in [6.45, 7) is 6.97. The van der Waals surface area contributed by atoms with Crippen molar-refractivity contribution in [3.63, 3.8) is 0 Å². The Bertz CT molecular complexity index is 608. The van der Waals surface area contributed by atoms with E-state index < -0.39 is 0 Å². The largest absolute Gasteiger partial charge is 0.373 e. The van der Waals surface area contributed by atoms with Gasteiger partial charge in [0.05, 0.1) is 0 Å². The topological polar surface area (TPSA) is 49.8 Å². The molecular weight excluding hydrogens is 328 g/mol. The number of nitrogens with one attached hydrogen (secondary N) is 2. The zero-order valence-corrected chi connectivity index (χ0v) is 14.5. The molecule has 2 rings (SSSR count). The second-order valence-electron chi connectivity index (χ2n) is 5.29. The average molecular weight is 349 g/mol. The molecule has 0 aliphatic rings. The summed E-state index contributed by atoms with van der Waals surface area (Å²) in [5.41, 5.74) is 2.26. The Kier molecular flexibility index (Phi) is 5.17. The number of rotatable bonds is 5. The van der Waals surface area contributed by atoms with Crippen molar-refractivity contribution in [2.45, 2.75) is 33.2 Å². The highest BCUT2D eigenvalue weighted by atomic mass is 79.9. The number of halogens is 1. The molecule has 5 heteroatoms. The van der Waals surface area contributed by atoms with Crippen molar-refractivity contribution in [3.8, 4) is 0 Å². The van der Waals surface area contributed by atoms with Crippen LogP contribution >= 0.6 is 15.9 Å². The standard InChI is InChI=1S/C16H21BrN4/c1-10(2)14-20-15(18-4)11(3)16(21-14)19-9-12-5-7-13(17)8-6-12/h5-8,10H,9H2,1-4H3,(H2,18,19,20,21). The van der Waals surface area contributed by atoms with E-state index in [1.54, 1.807) is 0 Å². The summed E-state index contributed by atoms with van der Waals surface area (Å²) in [5, 5.41) is 6.55. The fourth-order valence-corrected chi connectivity index (χ4v) is 2.26. The van der Waals surface area contributed by atoms with Crippen LogP contribution in [0.1, 0.15) is 36.7 Å². The molecule has 1 heterocycles. The first-order valence-electron chi connectivity index (χ1n) is 7.06. The van der Waals surface area contributed by atoms with Crippen LogP contribution in [0.25, 0.3) is 0 Å². The minimum absolute atomic E-state index is 0.297. The summed E-state index contributed by atoms with van der Waals surface area (Å²) < 4.78 is 1.09. The van der Waals surface area contributed by atoms with Gasteiger partial charge in [-0.25, -0.2) is 9.97 Å². The van der Waals surface area contributed by atoms with Gasteiger partial charge in [-0.3, -0.25) is 0 Å². The maximum atomic E-state index is 4.64. The monoisotopic (exact) mass is 348 g/mol. The molecule has 0 aliphatic carbocycles. The Balaban J connectivity index is 2.22. The van der Waals surface area contributed by atoms with Gasteiger partial charge >= 0.3 is 0 Å². The third kappa shape index (κ3) is 3.94. The van der Waals surface area contributed by atoms with E-state index in [0.29, 0.717) is 5.92 Å². The van der Waals surface area contributed by atoms with Crippen LogP contribution in [-0.2, 0) is 6.54 Å². The number of benzene rings is 1. The molecular formula is C16H21BrN4. The number of hydrogen-bond donors (Lipinski definition) is 2. The van der Waals surface area contributed by atoms with Gasteiger partial charge in [-0.1, -0.05) is 41.9 Å². The highest BCUT2D eigenvalue weighted by Crippen LogP contribution is 2.23. The minimum atomic E-state index is 0.297. The first-order valence-corrected chi connectivity index (χ1v) is 7.85. The minimum Gasteiger partial charge on any atom is -0.373 e. The van der Waals surface area contributed by atoms with Gasteiger partial charge in [0.25, 0.3) is 0 Å². The third-order valence-electron chi connectivity index (χ3n) is 3.29. The van der Waals surface area contributed by atoms with Crippen LogP contribution in [0.4, 0.5) is 11.6 Å². The van der Waals surface area contributed by atoms with E-state index in [1.807, 2.05) is 26.1 Å². The third-order valence-corrected chi connectivity index (χ3v) is 3.82. The molecule has 2 N–H and O–H groups in total. The molecule has 0 radical (unpaired) electrons. The molecule has 0 aliphatic heterocycles. The summed E-state index contributed by atoms with van der Waals surface area (Å²) >= 11 is 3.45. The number of anilines is 2. The smallest absolute Gasteiger partial charge is 0.135 e. The summed E-state index contributed by atoms with van der Waals surface area (Å²) in [5.74, 6) is 2.92. The summed E-state index contributed by atoms with van der Waals surface area (Å²) in [6, 6.07) is 8.27. The van der Waals surface area contributed by atoms with E-state index in [0.717, 1.165) is 34.0 Å². The molecule has 0 bridgehead atoms. The lowest BCUT2D eigenvalue weighted by atomic mass is 10.2. The lowest BCUT2D eigenvalue weighted by molar-refractivity contribution is 0.773. The predicted molar refractivity (Wildman–Crippen MR) is 91.9 cm³/mol. The fourth-order valence-electron chi connectivity index (χ4n) is 2.00.